The lowest BCUT2D eigenvalue weighted by molar-refractivity contribution is -0.274. The van der Waals surface area contributed by atoms with Crippen molar-refractivity contribution in [3.63, 3.8) is 0 Å². The summed E-state index contributed by atoms with van der Waals surface area (Å²) in [5.41, 5.74) is 1.19. The Labute approximate surface area is 106 Å². The van der Waals surface area contributed by atoms with Crippen molar-refractivity contribution in [1.29, 1.82) is 5.26 Å². The van der Waals surface area contributed by atoms with E-state index in [4.69, 9.17) is 5.26 Å². The fourth-order valence-electron chi connectivity index (χ4n) is 1.57. The van der Waals surface area contributed by atoms with Crippen molar-refractivity contribution in [2.45, 2.75) is 13.3 Å². The lowest BCUT2D eigenvalue weighted by atomic mass is 10.1. The van der Waals surface area contributed by atoms with E-state index >= 15 is 0 Å². The number of benzene rings is 1. The van der Waals surface area contributed by atoms with Crippen LogP contribution in [0.1, 0.15) is 11.3 Å². The number of H-pyrrole nitrogens is 1. The first kappa shape index (κ1) is 13.0. The average molecular weight is 267 g/mol. The number of hydrogen-bond acceptors (Lipinski definition) is 3. The second-order valence-corrected chi connectivity index (χ2v) is 3.76. The molecule has 1 aromatic carbocycles. The highest BCUT2D eigenvalue weighted by molar-refractivity contribution is 5.66. The Morgan fingerprint density at radius 3 is 2.63 bits per heavy atom. The quantitative estimate of drug-likeness (QED) is 0.909. The van der Waals surface area contributed by atoms with Crippen LogP contribution in [0.5, 0.6) is 5.75 Å². The van der Waals surface area contributed by atoms with Crippen LogP contribution in [0.3, 0.4) is 0 Å². The Morgan fingerprint density at radius 2 is 2.11 bits per heavy atom. The van der Waals surface area contributed by atoms with Gasteiger partial charge in [0.15, 0.2) is 0 Å². The van der Waals surface area contributed by atoms with Crippen molar-refractivity contribution in [3.8, 4) is 23.2 Å². The number of ether oxygens (including phenoxy) is 1. The van der Waals surface area contributed by atoms with Crippen molar-refractivity contribution in [2.75, 3.05) is 0 Å². The highest BCUT2D eigenvalue weighted by Gasteiger charge is 2.31. The molecule has 19 heavy (non-hydrogen) atoms. The predicted molar refractivity (Wildman–Crippen MR) is 60.2 cm³/mol. The lowest BCUT2D eigenvalue weighted by Crippen LogP contribution is -2.17. The molecule has 0 fully saturated rings. The van der Waals surface area contributed by atoms with Gasteiger partial charge >= 0.3 is 6.36 Å². The molecule has 2 rings (SSSR count). The van der Waals surface area contributed by atoms with Gasteiger partial charge in [0, 0.05) is 11.8 Å². The van der Waals surface area contributed by atoms with E-state index in [-0.39, 0.29) is 5.56 Å². The zero-order chi connectivity index (χ0) is 14.0. The number of hydrogen-bond donors (Lipinski definition) is 1. The summed E-state index contributed by atoms with van der Waals surface area (Å²) in [6, 6.07) is 5.35. The summed E-state index contributed by atoms with van der Waals surface area (Å²) in [5, 5.41) is 8.98. The molecule has 7 heteroatoms. The van der Waals surface area contributed by atoms with E-state index in [9.17, 15) is 13.2 Å². The fourth-order valence-corrected chi connectivity index (χ4v) is 1.57. The van der Waals surface area contributed by atoms with Crippen molar-refractivity contribution in [3.05, 3.63) is 35.7 Å². The van der Waals surface area contributed by atoms with E-state index in [2.05, 4.69) is 14.7 Å². The number of aryl methyl sites for hydroxylation is 1. The van der Waals surface area contributed by atoms with Crippen LogP contribution in [0.15, 0.2) is 24.4 Å². The number of imidazole rings is 1. The molecule has 2 aromatic rings. The molecule has 1 heterocycles. The standard InChI is InChI=1S/C12H8F3N3O/c1-7-6-17-11(18-7)10-3-2-9(4-8(10)5-16)19-12(13,14)15/h2-4,6H,1H3,(H,17,18). The van der Waals surface area contributed by atoms with Crippen LogP contribution in [0.25, 0.3) is 11.4 Å². The number of halogens is 3. The van der Waals surface area contributed by atoms with E-state index in [0.29, 0.717) is 11.4 Å². The minimum Gasteiger partial charge on any atom is -0.406 e. The predicted octanol–water partition coefficient (Wildman–Crippen LogP) is 3.16. The summed E-state index contributed by atoms with van der Waals surface area (Å²) in [7, 11) is 0. The van der Waals surface area contributed by atoms with E-state index < -0.39 is 12.1 Å². The van der Waals surface area contributed by atoms with Crippen LogP contribution in [-0.2, 0) is 0 Å². The van der Waals surface area contributed by atoms with Gasteiger partial charge in [-0.25, -0.2) is 4.98 Å². The first-order valence-electron chi connectivity index (χ1n) is 5.21. The van der Waals surface area contributed by atoms with Gasteiger partial charge in [0.2, 0.25) is 0 Å². The number of aromatic nitrogens is 2. The topological polar surface area (TPSA) is 61.7 Å². The molecule has 1 aromatic heterocycles. The first-order chi connectivity index (χ1) is 8.89. The Bertz CT molecular complexity index is 640. The number of nitriles is 1. The Kier molecular flexibility index (Phi) is 3.17. The van der Waals surface area contributed by atoms with Gasteiger partial charge in [-0.1, -0.05) is 0 Å². The molecule has 0 saturated carbocycles. The fraction of sp³-hybridized carbons (Fsp3) is 0.167. The van der Waals surface area contributed by atoms with Crippen LogP contribution in [0.4, 0.5) is 13.2 Å². The molecule has 0 spiro atoms. The van der Waals surface area contributed by atoms with Crippen molar-refractivity contribution in [2.24, 2.45) is 0 Å². The van der Waals surface area contributed by atoms with Gasteiger partial charge in [-0.15, -0.1) is 13.2 Å². The maximum absolute atomic E-state index is 12.1. The molecule has 4 nitrogen and oxygen atoms in total. The number of alkyl halides is 3. The van der Waals surface area contributed by atoms with E-state index in [1.807, 2.05) is 6.07 Å². The molecular weight excluding hydrogens is 259 g/mol. The minimum absolute atomic E-state index is 0.0519. The summed E-state index contributed by atoms with van der Waals surface area (Å²) in [6.07, 6.45) is -3.15. The second kappa shape index (κ2) is 4.65. The molecule has 0 atom stereocenters. The molecule has 0 aliphatic heterocycles. The largest absolute Gasteiger partial charge is 0.573 e. The molecular formula is C12H8F3N3O. The Morgan fingerprint density at radius 1 is 1.37 bits per heavy atom. The molecule has 0 aliphatic rings. The normalized spacial score (nSPS) is 11.1. The monoisotopic (exact) mass is 267 g/mol. The molecule has 0 aliphatic carbocycles. The summed E-state index contributed by atoms with van der Waals surface area (Å²) in [5.74, 6) is -0.0105. The van der Waals surface area contributed by atoms with Crippen LogP contribution in [-0.4, -0.2) is 16.3 Å². The third kappa shape index (κ3) is 3.04. The van der Waals surface area contributed by atoms with E-state index in [1.54, 1.807) is 13.1 Å². The summed E-state index contributed by atoms with van der Waals surface area (Å²) in [6.45, 7) is 1.76. The SMILES string of the molecule is Cc1c[nH]c(-c2ccc(OC(F)(F)F)cc2C#N)n1. The smallest absolute Gasteiger partial charge is 0.406 e. The highest BCUT2D eigenvalue weighted by atomic mass is 19.4. The van der Waals surface area contributed by atoms with Gasteiger partial charge < -0.3 is 9.72 Å². The van der Waals surface area contributed by atoms with Gasteiger partial charge in [-0.2, -0.15) is 5.26 Å². The Balaban J connectivity index is 2.40. The number of nitrogens with one attached hydrogen (secondary N) is 1. The molecule has 1 N–H and O–H groups in total. The number of nitrogens with zero attached hydrogens (tertiary/aromatic N) is 2. The third-order valence-corrected chi connectivity index (χ3v) is 2.31. The molecule has 98 valence electrons. The number of rotatable bonds is 2. The molecule has 0 amide bonds. The van der Waals surface area contributed by atoms with Crippen LogP contribution >= 0.6 is 0 Å². The van der Waals surface area contributed by atoms with Gasteiger partial charge in [-0.3, -0.25) is 0 Å². The van der Waals surface area contributed by atoms with Gasteiger partial charge in [0.1, 0.15) is 17.6 Å². The van der Waals surface area contributed by atoms with Gasteiger partial charge in [0.25, 0.3) is 0 Å². The van der Waals surface area contributed by atoms with Crippen LogP contribution in [0.2, 0.25) is 0 Å². The maximum atomic E-state index is 12.1. The van der Waals surface area contributed by atoms with Crippen molar-refractivity contribution < 1.29 is 17.9 Å². The summed E-state index contributed by atoms with van der Waals surface area (Å²) < 4.78 is 40.0. The van der Waals surface area contributed by atoms with E-state index in [1.165, 1.54) is 6.07 Å². The first-order valence-corrected chi connectivity index (χ1v) is 5.21. The second-order valence-electron chi connectivity index (χ2n) is 3.76. The van der Waals surface area contributed by atoms with Crippen LogP contribution < -0.4 is 4.74 Å². The number of aromatic amines is 1. The summed E-state index contributed by atoms with van der Waals surface area (Å²) in [4.78, 5) is 6.96. The molecule has 0 radical (unpaired) electrons. The minimum atomic E-state index is -4.78. The van der Waals surface area contributed by atoms with Crippen molar-refractivity contribution in [1.82, 2.24) is 9.97 Å². The molecule has 0 saturated heterocycles. The molecule has 0 unspecified atom stereocenters. The third-order valence-electron chi connectivity index (χ3n) is 2.31. The molecule has 0 bridgehead atoms. The summed E-state index contributed by atoms with van der Waals surface area (Å²) >= 11 is 0. The van der Waals surface area contributed by atoms with Gasteiger partial charge in [-0.05, 0) is 25.1 Å². The zero-order valence-corrected chi connectivity index (χ0v) is 9.75. The lowest BCUT2D eigenvalue weighted by Gasteiger charge is -2.09. The average Bonchev–Trinajstić information content (AvgIpc) is 2.73. The van der Waals surface area contributed by atoms with E-state index in [0.717, 1.165) is 17.8 Å². The maximum Gasteiger partial charge on any atom is 0.573 e. The Hall–Kier alpha value is -2.49. The highest BCUT2D eigenvalue weighted by Crippen LogP contribution is 2.28. The van der Waals surface area contributed by atoms with Gasteiger partial charge in [0.05, 0.1) is 11.3 Å². The van der Waals surface area contributed by atoms with Crippen LogP contribution in [0, 0.1) is 18.3 Å². The zero-order valence-electron chi connectivity index (χ0n) is 9.75. The van der Waals surface area contributed by atoms with Crippen molar-refractivity contribution >= 4 is 0 Å².